The molecule has 1 fully saturated rings. The number of hydrogen-bond donors (Lipinski definition) is 0. The molecule has 2 nitrogen and oxygen atoms in total. The van der Waals surface area contributed by atoms with Crippen LogP contribution in [0.1, 0.15) is 12.8 Å². The Bertz CT molecular complexity index is 139. The van der Waals surface area contributed by atoms with E-state index in [0.29, 0.717) is 6.29 Å². The summed E-state index contributed by atoms with van der Waals surface area (Å²) in [5, 5.41) is 0. The molecule has 0 N–H and O–H groups in total. The summed E-state index contributed by atoms with van der Waals surface area (Å²) >= 11 is 1.86. The lowest BCUT2D eigenvalue weighted by molar-refractivity contribution is -0.132. The molecule has 10 heavy (non-hydrogen) atoms. The van der Waals surface area contributed by atoms with Crippen molar-refractivity contribution >= 4 is 23.8 Å². The molecular weight excluding hydrogens is 148 g/mol. The molecular formula is C7H10O2S. The van der Waals surface area contributed by atoms with Gasteiger partial charge in [-0.1, -0.05) is 0 Å². The second kappa shape index (κ2) is 3.76. The third kappa shape index (κ3) is 1.84. The predicted molar refractivity (Wildman–Crippen MR) is 41.1 cm³/mol. The molecule has 0 spiro atoms. The van der Waals surface area contributed by atoms with Gasteiger partial charge in [0.1, 0.15) is 0 Å². The fraction of sp³-hybridized carbons (Fsp3) is 0.714. The van der Waals surface area contributed by atoms with Gasteiger partial charge in [-0.3, -0.25) is 9.59 Å². The molecule has 1 heterocycles. The fourth-order valence-corrected chi connectivity index (χ4v) is 2.18. The van der Waals surface area contributed by atoms with E-state index in [1.807, 2.05) is 11.8 Å². The van der Waals surface area contributed by atoms with Gasteiger partial charge in [0.15, 0.2) is 12.1 Å². The average molecular weight is 158 g/mol. The van der Waals surface area contributed by atoms with Crippen molar-refractivity contribution in [3.05, 3.63) is 0 Å². The largest absolute Gasteiger partial charge is 0.295 e. The monoisotopic (exact) mass is 158 g/mol. The fourth-order valence-electron chi connectivity index (χ4n) is 1.08. The molecule has 0 saturated carbocycles. The van der Waals surface area contributed by atoms with Gasteiger partial charge in [-0.15, -0.1) is 0 Å². The summed E-state index contributed by atoms with van der Waals surface area (Å²) in [4.78, 5) is 20.8. The molecule has 0 aliphatic carbocycles. The average Bonchev–Trinajstić information content (AvgIpc) is 2.05. The second-order valence-corrected chi connectivity index (χ2v) is 3.63. The number of Topliss-reactive ketones (excluding diaryl/α,β-unsaturated/α-hetero) is 1. The van der Waals surface area contributed by atoms with Crippen LogP contribution < -0.4 is 0 Å². The van der Waals surface area contributed by atoms with Gasteiger partial charge in [-0.25, -0.2) is 0 Å². The zero-order valence-electron chi connectivity index (χ0n) is 5.71. The van der Waals surface area contributed by atoms with E-state index in [1.165, 1.54) is 0 Å². The molecule has 0 bridgehead atoms. The first kappa shape index (κ1) is 7.79. The molecule has 0 radical (unpaired) electrons. The molecule has 1 aliphatic rings. The van der Waals surface area contributed by atoms with Crippen molar-refractivity contribution < 1.29 is 9.59 Å². The molecule has 0 amide bonds. The van der Waals surface area contributed by atoms with Gasteiger partial charge < -0.3 is 0 Å². The summed E-state index contributed by atoms with van der Waals surface area (Å²) in [7, 11) is 0. The van der Waals surface area contributed by atoms with Crippen molar-refractivity contribution in [2.24, 2.45) is 5.92 Å². The topological polar surface area (TPSA) is 34.1 Å². The highest BCUT2D eigenvalue weighted by Gasteiger charge is 2.19. The predicted octanol–water partition coefficient (Wildman–Crippen LogP) is 0.898. The van der Waals surface area contributed by atoms with Crippen LogP contribution in [0.3, 0.4) is 0 Å². The Labute approximate surface area is 64.4 Å². The van der Waals surface area contributed by atoms with Crippen LogP contribution in [0.4, 0.5) is 0 Å². The van der Waals surface area contributed by atoms with Crippen LogP contribution in [0.2, 0.25) is 0 Å². The number of thioether (sulfide) groups is 1. The van der Waals surface area contributed by atoms with E-state index >= 15 is 0 Å². The highest BCUT2D eigenvalue weighted by molar-refractivity contribution is 7.99. The van der Waals surface area contributed by atoms with Crippen LogP contribution in [0, 0.1) is 5.92 Å². The molecule has 1 rings (SSSR count). The quantitative estimate of drug-likeness (QED) is 0.442. The van der Waals surface area contributed by atoms with Gasteiger partial charge in [0.05, 0.1) is 0 Å². The van der Waals surface area contributed by atoms with Crippen molar-refractivity contribution in [3.8, 4) is 0 Å². The Morgan fingerprint density at radius 2 is 2.00 bits per heavy atom. The summed E-state index contributed by atoms with van der Waals surface area (Å²) in [6, 6.07) is 0. The highest BCUT2D eigenvalue weighted by atomic mass is 32.2. The maximum absolute atomic E-state index is 10.8. The van der Waals surface area contributed by atoms with E-state index in [9.17, 15) is 9.59 Å². The summed E-state index contributed by atoms with van der Waals surface area (Å²) < 4.78 is 0. The minimum Gasteiger partial charge on any atom is -0.295 e. The molecule has 0 aromatic carbocycles. The molecule has 0 unspecified atom stereocenters. The molecule has 0 atom stereocenters. The third-order valence-electron chi connectivity index (χ3n) is 1.74. The molecule has 1 saturated heterocycles. The van der Waals surface area contributed by atoms with Gasteiger partial charge in [-0.2, -0.15) is 11.8 Å². The SMILES string of the molecule is O=CC(=O)C1CCSCC1. The Morgan fingerprint density at radius 1 is 1.40 bits per heavy atom. The Balaban J connectivity index is 2.38. The normalized spacial score (nSPS) is 20.4. The number of aldehydes is 1. The van der Waals surface area contributed by atoms with E-state index in [4.69, 9.17) is 0 Å². The smallest absolute Gasteiger partial charge is 0.198 e. The lowest BCUT2D eigenvalue weighted by Crippen LogP contribution is -2.20. The van der Waals surface area contributed by atoms with Crippen molar-refractivity contribution in [1.29, 1.82) is 0 Å². The van der Waals surface area contributed by atoms with E-state index < -0.39 is 0 Å². The van der Waals surface area contributed by atoms with Crippen LogP contribution in [-0.4, -0.2) is 23.6 Å². The Hall–Kier alpha value is -0.310. The van der Waals surface area contributed by atoms with Crippen LogP contribution in [-0.2, 0) is 9.59 Å². The maximum Gasteiger partial charge on any atom is 0.198 e. The second-order valence-electron chi connectivity index (χ2n) is 2.41. The van der Waals surface area contributed by atoms with Gasteiger partial charge in [-0.05, 0) is 24.3 Å². The van der Waals surface area contributed by atoms with Crippen LogP contribution >= 0.6 is 11.8 Å². The highest BCUT2D eigenvalue weighted by Crippen LogP contribution is 2.22. The van der Waals surface area contributed by atoms with Gasteiger partial charge in [0, 0.05) is 5.92 Å². The summed E-state index contributed by atoms with van der Waals surface area (Å²) in [6.45, 7) is 0. The summed E-state index contributed by atoms with van der Waals surface area (Å²) in [6.07, 6.45) is 2.24. The summed E-state index contributed by atoms with van der Waals surface area (Å²) in [5.74, 6) is 1.90. The number of carbonyl (C=O) groups is 2. The first-order valence-electron chi connectivity index (χ1n) is 3.41. The van der Waals surface area contributed by atoms with Crippen LogP contribution in [0.25, 0.3) is 0 Å². The van der Waals surface area contributed by atoms with Crippen LogP contribution in [0.15, 0.2) is 0 Å². The Kier molecular flexibility index (Phi) is 2.93. The standard InChI is InChI=1S/C7H10O2S/c8-5-7(9)6-1-3-10-4-2-6/h5-6H,1-4H2. The Morgan fingerprint density at radius 3 is 2.50 bits per heavy atom. The van der Waals surface area contributed by atoms with Crippen molar-refractivity contribution in [1.82, 2.24) is 0 Å². The third-order valence-corrected chi connectivity index (χ3v) is 2.79. The zero-order chi connectivity index (χ0) is 7.40. The van der Waals surface area contributed by atoms with Gasteiger partial charge in [0.2, 0.25) is 0 Å². The van der Waals surface area contributed by atoms with Gasteiger partial charge >= 0.3 is 0 Å². The molecule has 0 aromatic rings. The number of carbonyl (C=O) groups excluding carboxylic acids is 2. The van der Waals surface area contributed by atoms with E-state index in [-0.39, 0.29) is 11.7 Å². The number of hydrogen-bond acceptors (Lipinski definition) is 3. The summed E-state index contributed by atoms with van der Waals surface area (Å²) in [5.41, 5.74) is 0. The van der Waals surface area contributed by atoms with Crippen molar-refractivity contribution in [3.63, 3.8) is 0 Å². The lowest BCUT2D eigenvalue weighted by Gasteiger charge is -2.16. The van der Waals surface area contributed by atoms with Crippen LogP contribution in [0.5, 0.6) is 0 Å². The lowest BCUT2D eigenvalue weighted by atomic mass is 9.99. The molecule has 56 valence electrons. The number of rotatable bonds is 2. The van der Waals surface area contributed by atoms with E-state index in [1.54, 1.807) is 0 Å². The first-order chi connectivity index (χ1) is 4.84. The van der Waals surface area contributed by atoms with E-state index in [0.717, 1.165) is 24.3 Å². The maximum atomic E-state index is 10.8. The first-order valence-corrected chi connectivity index (χ1v) is 4.57. The minimum atomic E-state index is -0.208. The minimum absolute atomic E-state index is 0.0405. The van der Waals surface area contributed by atoms with E-state index in [2.05, 4.69) is 0 Å². The molecule has 1 aliphatic heterocycles. The molecule has 3 heteroatoms. The molecule has 0 aromatic heterocycles. The zero-order valence-corrected chi connectivity index (χ0v) is 6.52. The van der Waals surface area contributed by atoms with Crippen molar-refractivity contribution in [2.75, 3.05) is 11.5 Å². The van der Waals surface area contributed by atoms with Gasteiger partial charge in [0.25, 0.3) is 0 Å². The van der Waals surface area contributed by atoms with Crippen molar-refractivity contribution in [2.45, 2.75) is 12.8 Å². The number of ketones is 1.